The summed E-state index contributed by atoms with van der Waals surface area (Å²) in [4.78, 5) is 39.8. The molecule has 2 aromatic rings. The van der Waals surface area contributed by atoms with E-state index in [1.165, 1.54) is 25.9 Å². The number of carbonyl (C=O) groups excluding carboxylic acids is 3. The van der Waals surface area contributed by atoms with Crippen LogP contribution in [0.4, 0.5) is 0 Å². The van der Waals surface area contributed by atoms with E-state index in [4.69, 9.17) is 9.47 Å². The smallest absolute Gasteiger partial charge is 0.328 e. The minimum Gasteiger partial charge on any atom is -0.497 e. The third-order valence-corrected chi connectivity index (χ3v) is 6.66. The van der Waals surface area contributed by atoms with Gasteiger partial charge in [0.2, 0.25) is 11.8 Å². The van der Waals surface area contributed by atoms with Crippen LogP contribution in [-0.4, -0.2) is 55.2 Å². The molecule has 3 rings (SSSR count). The number of benzene rings is 2. The van der Waals surface area contributed by atoms with E-state index >= 15 is 0 Å². The predicted molar refractivity (Wildman–Crippen MR) is 119 cm³/mol. The fraction of sp³-hybridized carbons (Fsp3) is 0.348. The number of hydrogen-bond acceptors (Lipinski definition) is 6. The van der Waals surface area contributed by atoms with Gasteiger partial charge in [0.15, 0.2) is 0 Å². The predicted octanol–water partition coefficient (Wildman–Crippen LogP) is 2.56. The molecule has 3 atom stereocenters. The Morgan fingerprint density at radius 3 is 2.35 bits per heavy atom. The Balaban J connectivity index is 1.99. The molecule has 0 aliphatic carbocycles. The Morgan fingerprint density at radius 2 is 1.77 bits per heavy atom. The lowest BCUT2D eigenvalue weighted by Crippen LogP contribution is -2.47. The summed E-state index contributed by atoms with van der Waals surface area (Å²) < 4.78 is 10.3. The van der Waals surface area contributed by atoms with E-state index in [0.29, 0.717) is 12.2 Å². The number of methoxy groups -OCH3 is 2. The zero-order chi connectivity index (χ0) is 22.4. The van der Waals surface area contributed by atoms with Gasteiger partial charge >= 0.3 is 5.97 Å². The number of nitrogens with one attached hydrogen (secondary N) is 1. The number of amides is 2. The second-order valence-electron chi connectivity index (χ2n) is 7.10. The zero-order valence-corrected chi connectivity index (χ0v) is 18.6. The lowest BCUT2D eigenvalue weighted by Gasteiger charge is -2.31. The van der Waals surface area contributed by atoms with Gasteiger partial charge in [0.25, 0.3) is 0 Å². The van der Waals surface area contributed by atoms with E-state index in [0.717, 1.165) is 11.1 Å². The van der Waals surface area contributed by atoms with Crippen LogP contribution in [0.3, 0.4) is 0 Å². The molecule has 1 aliphatic heterocycles. The highest BCUT2D eigenvalue weighted by atomic mass is 32.2. The van der Waals surface area contributed by atoms with Crippen LogP contribution in [0.2, 0.25) is 0 Å². The summed E-state index contributed by atoms with van der Waals surface area (Å²) in [6, 6.07) is 16.1. The van der Waals surface area contributed by atoms with Crippen LogP contribution in [0, 0.1) is 0 Å². The Morgan fingerprint density at radius 1 is 1.10 bits per heavy atom. The number of nitrogens with zero attached hydrogens (tertiary/aromatic N) is 1. The van der Waals surface area contributed by atoms with Crippen molar-refractivity contribution in [3.8, 4) is 5.75 Å². The lowest BCUT2D eigenvalue weighted by atomic mass is 10.0. The van der Waals surface area contributed by atoms with Crippen molar-refractivity contribution >= 4 is 29.5 Å². The first kappa shape index (κ1) is 22.7. The van der Waals surface area contributed by atoms with Gasteiger partial charge in [-0.2, -0.15) is 0 Å². The summed E-state index contributed by atoms with van der Waals surface area (Å²) >= 11 is 1.37. The lowest BCUT2D eigenvalue weighted by molar-refractivity contribution is -0.152. The molecule has 0 bridgehead atoms. The minimum atomic E-state index is -0.811. The number of rotatable bonds is 8. The van der Waals surface area contributed by atoms with Crippen molar-refractivity contribution in [2.45, 2.75) is 29.5 Å². The van der Waals surface area contributed by atoms with E-state index in [9.17, 15) is 14.4 Å². The highest BCUT2D eigenvalue weighted by Gasteiger charge is 2.47. The molecule has 8 heteroatoms. The number of hydrogen-bond donors (Lipinski definition) is 1. The molecule has 0 radical (unpaired) electrons. The first-order valence-electron chi connectivity index (χ1n) is 9.92. The van der Waals surface area contributed by atoms with Gasteiger partial charge in [0.1, 0.15) is 17.2 Å². The minimum absolute atomic E-state index is 0.0440. The van der Waals surface area contributed by atoms with Gasteiger partial charge in [0, 0.05) is 19.9 Å². The van der Waals surface area contributed by atoms with Crippen molar-refractivity contribution in [3.63, 3.8) is 0 Å². The molecule has 0 spiro atoms. The monoisotopic (exact) mass is 442 g/mol. The Labute approximate surface area is 186 Å². The van der Waals surface area contributed by atoms with Gasteiger partial charge in [-0.3, -0.25) is 9.59 Å². The van der Waals surface area contributed by atoms with Crippen LogP contribution >= 0.6 is 11.8 Å². The summed E-state index contributed by atoms with van der Waals surface area (Å²) in [5.41, 5.74) is 1.76. The molecule has 1 saturated heterocycles. The van der Waals surface area contributed by atoms with E-state index in [1.54, 1.807) is 12.0 Å². The van der Waals surface area contributed by atoms with Crippen LogP contribution in [0.1, 0.15) is 22.9 Å². The molecular formula is C23H26N2O5S. The van der Waals surface area contributed by atoms with Crippen molar-refractivity contribution in [2.75, 3.05) is 21.3 Å². The standard InChI is InChI=1S/C23H26N2O5S/c1-24-20(26)14-19-21(27)25(22(31-19)16-9-11-17(29-2)12-10-16)18(23(28)30-3)13-15-7-5-4-6-8-15/h4-12,18-19,22H,13-14H2,1-3H3,(H,24,26). The van der Waals surface area contributed by atoms with Gasteiger partial charge in [-0.15, -0.1) is 11.8 Å². The third-order valence-electron chi connectivity index (χ3n) is 5.21. The molecule has 3 unspecified atom stereocenters. The average molecular weight is 443 g/mol. The largest absolute Gasteiger partial charge is 0.497 e. The first-order chi connectivity index (χ1) is 15.0. The van der Waals surface area contributed by atoms with Gasteiger partial charge in [-0.25, -0.2) is 4.79 Å². The normalized spacial score (nSPS) is 19.1. The second-order valence-corrected chi connectivity index (χ2v) is 8.39. The number of ether oxygens (including phenoxy) is 2. The maximum atomic E-state index is 13.4. The van der Waals surface area contributed by atoms with Crippen LogP contribution in [0.15, 0.2) is 54.6 Å². The van der Waals surface area contributed by atoms with Crippen LogP contribution in [0.5, 0.6) is 5.75 Å². The molecule has 1 fully saturated rings. The van der Waals surface area contributed by atoms with Crippen molar-refractivity contribution in [1.29, 1.82) is 0 Å². The molecule has 164 valence electrons. The van der Waals surface area contributed by atoms with Gasteiger partial charge in [-0.1, -0.05) is 42.5 Å². The molecule has 1 N–H and O–H groups in total. The summed E-state index contributed by atoms with van der Waals surface area (Å²) in [7, 11) is 4.44. The molecule has 2 amide bonds. The Bertz CT molecular complexity index is 919. The van der Waals surface area contributed by atoms with Crippen LogP contribution < -0.4 is 10.1 Å². The number of esters is 1. The van der Waals surface area contributed by atoms with E-state index in [1.807, 2.05) is 54.6 Å². The van der Waals surface area contributed by atoms with E-state index < -0.39 is 22.6 Å². The number of thioether (sulfide) groups is 1. The van der Waals surface area contributed by atoms with E-state index in [-0.39, 0.29) is 18.2 Å². The molecule has 1 heterocycles. The number of carbonyl (C=O) groups is 3. The fourth-order valence-corrected chi connectivity index (χ4v) is 5.05. The van der Waals surface area contributed by atoms with Crippen LogP contribution in [-0.2, 0) is 25.5 Å². The Hall–Kier alpha value is -3.00. The zero-order valence-electron chi connectivity index (χ0n) is 17.7. The summed E-state index contributed by atoms with van der Waals surface area (Å²) in [6.45, 7) is 0. The van der Waals surface area contributed by atoms with Crippen molar-refractivity contribution < 1.29 is 23.9 Å². The summed E-state index contributed by atoms with van der Waals surface area (Å²) in [5.74, 6) is -0.267. The van der Waals surface area contributed by atoms with Gasteiger partial charge < -0.3 is 19.7 Å². The molecule has 0 aromatic heterocycles. The molecule has 1 aliphatic rings. The Kier molecular flexibility index (Phi) is 7.57. The van der Waals surface area contributed by atoms with Crippen LogP contribution in [0.25, 0.3) is 0 Å². The molecular weight excluding hydrogens is 416 g/mol. The maximum Gasteiger partial charge on any atom is 0.328 e. The molecule has 31 heavy (non-hydrogen) atoms. The van der Waals surface area contributed by atoms with Crippen molar-refractivity contribution in [2.24, 2.45) is 0 Å². The maximum absolute atomic E-state index is 13.4. The topological polar surface area (TPSA) is 84.9 Å². The highest BCUT2D eigenvalue weighted by molar-refractivity contribution is 8.01. The summed E-state index contributed by atoms with van der Waals surface area (Å²) in [6.07, 6.45) is 0.363. The average Bonchev–Trinajstić information content (AvgIpc) is 3.13. The highest BCUT2D eigenvalue weighted by Crippen LogP contribution is 2.46. The quantitative estimate of drug-likeness (QED) is 0.633. The molecule has 7 nitrogen and oxygen atoms in total. The third kappa shape index (κ3) is 5.19. The van der Waals surface area contributed by atoms with Crippen molar-refractivity contribution in [1.82, 2.24) is 10.2 Å². The van der Waals surface area contributed by atoms with Crippen molar-refractivity contribution in [3.05, 3.63) is 65.7 Å². The summed E-state index contributed by atoms with van der Waals surface area (Å²) in [5, 5.41) is 1.55. The van der Waals surface area contributed by atoms with E-state index in [2.05, 4.69) is 5.32 Å². The SMILES string of the molecule is CNC(=O)CC1SC(c2ccc(OC)cc2)N(C(Cc2ccccc2)C(=O)OC)C1=O. The van der Waals surface area contributed by atoms with Gasteiger partial charge in [0.05, 0.1) is 19.5 Å². The fourth-order valence-electron chi connectivity index (χ4n) is 3.56. The molecule has 0 saturated carbocycles. The van der Waals surface area contributed by atoms with Gasteiger partial charge in [-0.05, 0) is 23.3 Å². The molecule has 2 aromatic carbocycles. The first-order valence-corrected chi connectivity index (χ1v) is 10.9. The second kappa shape index (κ2) is 10.3.